The molecule has 2 heterocycles. The average molecular weight is 534 g/mol. The van der Waals surface area contributed by atoms with Crippen molar-refractivity contribution in [1.29, 1.82) is 0 Å². The predicted molar refractivity (Wildman–Crippen MR) is 157 cm³/mol. The lowest BCUT2D eigenvalue weighted by molar-refractivity contribution is -0.122. The third-order valence-corrected chi connectivity index (χ3v) is 8.69. The standard InChI is InChI=1S/C35H35NO4/c1-22(2)28-20-29-33(35(39)36(34(29)38)26-13-7-4-8-14-26)30-21-40-31(32(28)30)17-16-25(24-11-5-3-6-12-24)18-23-10-9-15-27(37)19-23/h3-15,18-19,22,29-31,33,37H,16-17,20-21H2,1-2H3/b25-18-/t29-,30+,31-,33-/m1/s1. The summed E-state index contributed by atoms with van der Waals surface area (Å²) in [4.78, 5) is 28.7. The second-order valence-electron chi connectivity index (χ2n) is 11.4. The molecule has 2 amide bonds. The lowest BCUT2D eigenvalue weighted by atomic mass is 9.67. The van der Waals surface area contributed by atoms with Crippen molar-refractivity contribution in [2.45, 2.75) is 39.2 Å². The number of carbonyl (C=O) groups is 2. The molecule has 2 saturated heterocycles. The average Bonchev–Trinajstić information content (AvgIpc) is 3.49. The first-order chi connectivity index (χ1) is 19.4. The van der Waals surface area contributed by atoms with E-state index in [-0.39, 0.29) is 47.3 Å². The summed E-state index contributed by atoms with van der Waals surface area (Å²) in [6.45, 7) is 4.83. The van der Waals surface area contributed by atoms with Gasteiger partial charge in [0.25, 0.3) is 0 Å². The summed E-state index contributed by atoms with van der Waals surface area (Å²) in [6, 6.07) is 26.9. The van der Waals surface area contributed by atoms with Crippen LogP contribution in [0, 0.1) is 23.7 Å². The minimum atomic E-state index is -0.369. The summed E-state index contributed by atoms with van der Waals surface area (Å²) in [5.41, 5.74) is 6.43. The van der Waals surface area contributed by atoms with Gasteiger partial charge in [-0.3, -0.25) is 14.5 Å². The second-order valence-corrected chi connectivity index (χ2v) is 11.4. The van der Waals surface area contributed by atoms with E-state index in [9.17, 15) is 14.7 Å². The van der Waals surface area contributed by atoms with E-state index in [1.165, 1.54) is 21.6 Å². The molecule has 0 bridgehead atoms. The Morgan fingerprint density at radius 2 is 1.68 bits per heavy atom. The Bertz CT molecular complexity index is 1470. The van der Waals surface area contributed by atoms with Gasteiger partial charge in [-0.15, -0.1) is 0 Å². The summed E-state index contributed by atoms with van der Waals surface area (Å²) < 4.78 is 6.46. The highest BCUT2D eigenvalue weighted by molar-refractivity contribution is 6.22. The molecular weight excluding hydrogens is 498 g/mol. The van der Waals surface area contributed by atoms with Gasteiger partial charge in [0.1, 0.15) is 5.75 Å². The first-order valence-corrected chi connectivity index (χ1v) is 14.2. The van der Waals surface area contributed by atoms with E-state index in [1.807, 2.05) is 60.7 Å². The Kier molecular flexibility index (Phi) is 7.16. The highest BCUT2D eigenvalue weighted by atomic mass is 16.5. The van der Waals surface area contributed by atoms with Crippen molar-refractivity contribution in [3.8, 4) is 5.75 Å². The van der Waals surface area contributed by atoms with Crippen molar-refractivity contribution >= 4 is 29.2 Å². The number of para-hydroxylation sites is 1. The van der Waals surface area contributed by atoms with Gasteiger partial charge in [-0.25, -0.2) is 0 Å². The molecule has 40 heavy (non-hydrogen) atoms. The molecule has 5 nitrogen and oxygen atoms in total. The molecule has 1 N–H and O–H groups in total. The van der Waals surface area contributed by atoms with Gasteiger partial charge < -0.3 is 9.84 Å². The molecule has 0 unspecified atom stereocenters. The van der Waals surface area contributed by atoms with Crippen LogP contribution in [-0.2, 0) is 14.3 Å². The molecule has 204 valence electrons. The number of allylic oxidation sites excluding steroid dienone is 2. The molecule has 2 fully saturated rings. The van der Waals surface area contributed by atoms with Crippen LogP contribution < -0.4 is 4.90 Å². The number of nitrogens with zero attached hydrogens (tertiary/aromatic N) is 1. The number of imide groups is 1. The smallest absolute Gasteiger partial charge is 0.238 e. The number of phenols is 1. The first-order valence-electron chi connectivity index (χ1n) is 14.2. The zero-order valence-corrected chi connectivity index (χ0v) is 23.0. The number of hydrogen-bond acceptors (Lipinski definition) is 4. The van der Waals surface area contributed by atoms with E-state index < -0.39 is 0 Å². The lowest BCUT2D eigenvalue weighted by Gasteiger charge is -2.33. The van der Waals surface area contributed by atoms with Crippen LogP contribution >= 0.6 is 0 Å². The monoisotopic (exact) mass is 533 g/mol. The molecule has 3 aliphatic rings. The summed E-state index contributed by atoms with van der Waals surface area (Å²) in [5, 5.41) is 10.0. The maximum absolute atomic E-state index is 13.8. The Morgan fingerprint density at radius 3 is 2.38 bits per heavy atom. The molecule has 5 heteroatoms. The molecule has 2 aliphatic heterocycles. The van der Waals surface area contributed by atoms with Crippen molar-refractivity contribution in [3.05, 3.63) is 107 Å². The van der Waals surface area contributed by atoms with E-state index >= 15 is 0 Å². The quantitative estimate of drug-likeness (QED) is 0.204. The van der Waals surface area contributed by atoms with Gasteiger partial charge in [-0.2, -0.15) is 0 Å². The number of benzene rings is 3. The fourth-order valence-electron chi connectivity index (χ4n) is 6.84. The third-order valence-electron chi connectivity index (χ3n) is 8.69. The number of rotatable bonds is 7. The minimum absolute atomic E-state index is 0.0680. The van der Waals surface area contributed by atoms with Crippen LogP contribution in [0.25, 0.3) is 11.6 Å². The third kappa shape index (κ3) is 4.79. The number of aromatic hydroxyl groups is 1. The Morgan fingerprint density at radius 1 is 0.950 bits per heavy atom. The molecule has 4 atom stereocenters. The first kappa shape index (κ1) is 26.3. The molecule has 3 aromatic carbocycles. The number of anilines is 1. The highest BCUT2D eigenvalue weighted by Crippen LogP contribution is 2.52. The molecular formula is C35H35NO4. The van der Waals surface area contributed by atoms with Crippen molar-refractivity contribution in [3.63, 3.8) is 0 Å². The number of phenolic OH excluding ortho intramolecular Hbond substituents is 1. The van der Waals surface area contributed by atoms with Crippen molar-refractivity contribution in [2.24, 2.45) is 23.7 Å². The Balaban J connectivity index is 1.29. The molecule has 6 rings (SSSR count). The van der Waals surface area contributed by atoms with E-state index in [0.717, 1.165) is 24.0 Å². The number of carbonyl (C=O) groups excluding carboxylic acids is 2. The van der Waals surface area contributed by atoms with Gasteiger partial charge >= 0.3 is 0 Å². The zero-order valence-electron chi connectivity index (χ0n) is 23.0. The van der Waals surface area contributed by atoms with Gasteiger partial charge in [-0.1, -0.05) is 86.2 Å². The lowest BCUT2D eigenvalue weighted by Crippen LogP contribution is -2.35. The zero-order chi connectivity index (χ0) is 27.8. The molecule has 1 aliphatic carbocycles. The number of hydrogen-bond donors (Lipinski definition) is 1. The second kappa shape index (κ2) is 10.9. The Labute approximate surface area is 235 Å². The Hall–Kier alpha value is -3.96. The van der Waals surface area contributed by atoms with Crippen molar-refractivity contribution in [1.82, 2.24) is 0 Å². The fourth-order valence-corrected chi connectivity index (χ4v) is 6.84. The maximum atomic E-state index is 13.8. The summed E-state index contributed by atoms with van der Waals surface area (Å²) in [5.74, 6) is -0.425. The van der Waals surface area contributed by atoms with Gasteiger partial charge in [0.15, 0.2) is 0 Å². The normalized spacial score (nSPS) is 24.6. The molecule has 0 radical (unpaired) electrons. The van der Waals surface area contributed by atoms with Crippen LogP contribution in [0.5, 0.6) is 5.75 Å². The minimum Gasteiger partial charge on any atom is -0.508 e. The van der Waals surface area contributed by atoms with E-state index in [1.54, 1.807) is 12.1 Å². The van der Waals surface area contributed by atoms with Gasteiger partial charge in [-0.05, 0) is 71.7 Å². The number of ether oxygens (including phenoxy) is 1. The molecule has 0 spiro atoms. The topological polar surface area (TPSA) is 66.8 Å². The van der Waals surface area contributed by atoms with Crippen LogP contribution in [0.15, 0.2) is 96.1 Å². The van der Waals surface area contributed by atoms with E-state index in [0.29, 0.717) is 18.7 Å². The largest absolute Gasteiger partial charge is 0.508 e. The highest BCUT2D eigenvalue weighted by Gasteiger charge is 2.57. The summed E-state index contributed by atoms with van der Waals surface area (Å²) >= 11 is 0. The molecule has 0 aromatic heterocycles. The van der Waals surface area contributed by atoms with Crippen LogP contribution in [0.4, 0.5) is 5.69 Å². The van der Waals surface area contributed by atoms with E-state index in [4.69, 9.17) is 4.74 Å². The summed E-state index contributed by atoms with van der Waals surface area (Å²) in [7, 11) is 0. The van der Waals surface area contributed by atoms with Crippen LogP contribution in [0.2, 0.25) is 0 Å². The molecule has 0 saturated carbocycles. The van der Waals surface area contributed by atoms with Crippen molar-refractivity contribution < 1.29 is 19.4 Å². The van der Waals surface area contributed by atoms with Gasteiger partial charge in [0, 0.05) is 5.92 Å². The number of fused-ring (bicyclic) bond motifs is 3. The fraction of sp³-hybridized carbons (Fsp3) is 0.314. The van der Waals surface area contributed by atoms with Crippen LogP contribution in [0.1, 0.15) is 44.2 Å². The molecule has 3 aromatic rings. The summed E-state index contributed by atoms with van der Waals surface area (Å²) in [6.07, 6.45) is 4.22. The SMILES string of the molecule is CC(C)C1=C2[C@@H](CC/C(=C/c3cccc(O)c3)c3ccccc3)OC[C@@H]2[C@@H]2C(=O)N(c3ccccc3)C(=O)[C@@H]2C1. The van der Waals surface area contributed by atoms with Crippen LogP contribution in [0.3, 0.4) is 0 Å². The number of amides is 2. The van der Waals surface area contributed by atoms with Gasteiger partial charge in [0.05, 0.1) is 30.2 Å². The van der Waals surface area contributed by atoms with Crippen LogP contribution in [-0.4, -0.2) is 29.6 Å². The van der Waals surface area contributed by atoms with Crippen molar-refractivity contribution in [2.75, 3.05) is 11.5 Å². The van der Waals surface area contributed by atoms with E-state index in [2.05, 4.69) is 32.1 Å². The predicted octanol–water partition coefficient (Wildman–Crippen LogP) is 6.89. The van der Waals surface area contributed by atoms with Gasteiger partial charge in [0.2, 0.25) is 11.8 Å². The maximum Gasteiger partial charge on any atom is 0.238 e.